The maximum absolute atomic E-state index is 13.0. The first-order chi connectivity index (χ1) is 15.1. The normalized spacial score (nSPS) is 22.1. The third kappa shape index (κ3) is 4.05. The summed E-state index contributed by atoms with van der Waals surface area (Å²) < 4.78 is 6.44. The van der Waals surface area contributed by atoms with Crippen molar-refractivity contribution in [3.63, 3.8) is 0 Å². The Hall–Kier alpha value is -2.49. The number of hydrogen-bond acceptors (Lipinski definition) is 8. The van der Waals surface area contributed by atoms with Gasteiger partial charge >= 0.3 is 0 Å². The number of anilines is 2. The molecule has 1 aliphatic heterocycles. The fourth-order valence-corrected chi connectivity index (χ4v) is 5.54. The zero-order valence-corrected chi connectivity index (χ0v) is 18.5. The van der Waals surface area contributed by atoms with Gasteiger partial charge in [0.15, 0.2) is 0 Å². The van der Waals surface area contributed by atoms with Crippen molar-refractivity contribution in [1.29, 1.82) is 0 Å². The minimum Gasteiger partial charge on any atom is -0.379 e. The Morgan fingerprint density at radius 1 is 1.23 bits per heavy atom. The molecule has 4 N–H and O–H groups in total. The summed E-state index contributed by atoms with van der Waals surface area (Å²) in [7, 11) is 0. The number of aromatic amines is 1. The number of benzene rings is 1. The molecule has 0 amide bonds. The smallest absolute Gasteiger partial charge is 0.262 e. The molecule has 3 aromatic rings. The van der Waals surface area contributed by atoms with Gasteiger partial charge in [-0.05, 0) is 31.9 Å². The van der Waals surface area contributed by atoms with Gasteiger partial charge in [-0.1, -0.05) is 18.9 Å². The molecule has 3 heterocycles. The second kappa shape index (κ2) is 8.57. The quantitative estimate of drug-likeness (QED) is 0.572. The van der Waals surface area contributed by atoms with E-state index in [9.17, 15) is 4.79 Å². The van der Waals surface area contributed by atoms with E-state index in [1.54, 1.807) is 0 Å². The lowest BCUT2D eigenvalue weighted by Crippen LogP contribution is -2.42. The number of nitrogens with two attached hydrogens (primary N) is 1. The highest BCUT2D eigenvalue weighted by Gasteiger charge is 2.23. The molecule has 8 nitrogen and oxygen atoms in total. The molecule has 2 unspecified atom stereocenters. The summed E-state index contributed by atoms with van der Waals surface area (Å²) in [5.74, 6) is 0.601. The minimum absolute atomic E-state index is 0.156. The van der Waals surface area contributed by atoms with E-state index in [0.29, 0.717) is 35.4 Å². The molecular weight excluding hydrogens is 412 g/mol. The molecule has 0 spiro atoms. The zero-order chi connectivity index (χ0) is 21.4. The summed E-state index contributed by atoms with van der Waals surface area (Å²) in [5, 5.41) is 4.31. The van der Waals surface area contributed by atoms with Crippen LogP contribution in [0.25, 0.3) is 20.8 Å². The largest absolute Gasteiger partial charge is 0.379 e. The molecule has 2 atom stereocenters. The lowest BCUT2D eigenvalue weighted by Gasteiger charge is -2.30. The van der Waals surface area contributed by atoms with Crippen molar-refractivity contribution in [1.82, 2.24) is 15.0 Å². The molecule has 0 radical (unpaired) electrons. The number of thiazole rings is 1. The van der Waals surface area contributed by atoms with E-state index in [2.05, 4.69) is 20.2 Å². The van der Waals surface area contributed by atoms with Crippen molar-refractivity contribution in [2.45, 2.75) is 44.7 Å². The number of aromatic nitrogens is 3. The number of H-pyrrole nitrogens is 1. The minimum atomic E-state index is -0.156. The molecule has 2 aliphatic rings. The maximum atomic E-state index is 13.0. The number of fused-ring (bicyclic) bond motifs is 1. The summed E-state index contributed by atoms with van der Waals surface area (Å²) in [6.07, 6.45) is 4.51. The van der Waals surface area contributed by atoms with E-state index < -0.39 is 0 Å². The van der Waals surface area contributed by atoms with E-state index in [-0.39, 0.29) is 17.6 Å². The van der Waals surface area contributed by atoms with Crippen LogP contribution in [0.2, 0.25) is 0 Å². The Kier molecular flexibility index (Phi) is 5.64. The number of ether oxygens (including phenoxy) is 1. The van der Waals surface area contributed by atoms with Gasteiger partial charge in [-0.3, -0.25) is 9.78 Å². The number of nitrogens with zero attached hydrogens (tertiary/aromatic N) is 3. The van der Waals surface area contributed by atoms with Crippen LogP contribution < -0.4 is 21.5 Å². The molecule has 1 aliphatic carbocycles. The lowest BCUT2D eigenvalue weighted by molar-refractivity contribution is 0.122. The van der Waals surface area contributed by atoms with E-state index in [4.69, 9.17) is 15.5 Å². The Morgan fingerprint density at radius 3 is 2.81 bits per heavy atom. The summed E-state index contributed by atoms with van der Waals surface area (Å²) in [6, 6.07) is 6.52. The van der Waals surface area contributed by atoms with Crippen molar-refractivity contribution in [3.05, 3.63) is 34.2 Å². The van der Waals surface area contributed by atoms with Gasteiger partial charge in [0.05, 0.1) is 34.9 Å². The topological polar surface area (TPSA) is 109 Å². The van der Waals surface area contributed by atoms with Crippen LogP contribution >= 0.6 is 11.3 Å². The average Bonchev–Trinajstić information content (AvgIpc) is 3.20. The number of morpholine rings is 1. The van der Waals surface area contributed by atoms with Crippen molar-refractivity contribution >= 4 is 33.2 Å². The molecule has 2 fully saturated rings. The Morgan fingerprint density at radius 2 is 2.03 bits per heavy atom. The number of rotatable bonds is 4. The lowest BCUT2D eigenvalue weighted by atomic mass is 9.91. The molecule has 31 heavy (non-hydrogen) atoms. The SMILES string of the molecule is Cc1nc(N2CCOCC2)[nH]c(=O)c1-c1nc2c(NC3CCCCC3N)cccc2s1. The number of aryl methyl sites for hydroxylation is 1. The second-order valence-electron chi connectivity index (χ2n) is 8.32. The molecule has 9 heteroatoms. The van der Waals surface area contributed by atoms with Gasteiger partial charge in [-0.2, -0.15) is 0 Å². The predicted octanol–water partition coefficient (Wildman–Crippen LogP) is 2.87. The highest BCUT2D eigenvalue weighted by Crippen LogP contribution is 2.34. The summed E-state index contributed by atoms with van der Waals surface area (Å²) in [4.78, 5) is 27.5. The third-order valence-corrected chi connectivity index (χ3v) is 7.23. The monoisotopic (exact) mass is 440 g/mol. The fraction of sp³-hybridized carbons (Fsp3) is 0.500. The molecule has 1 saturated heterocycles. The van der Waals surface area contributed by atoms with E-state index in [1.807, 2.05) is 25.1 Å². The van der Waals surface area contributed by atoms with Crippen LogP contribution in [0.3, 0.4) is 0 Å². The van der Waals surface area contributed by atoms with Crippen LogP contribution in [-0.4, -0.2) is 53.3 Å². The van der Waals surface area contributed by atoms with Crippen LogP contribution in [0.5, 0.6) is 0 Å². The first kappa shape index (κ1) is 20.4. The Bertz CT molecular complexity index is 1140. The van der Waals surface area contributed by atoms with E-state index in [0.717, 1.165) is 41.8 Å². The van der Waals surface area contributed by atoms with Gasteiger partial charge in [-0.25, -0.2) is 9.97 Å². The van der Waals surface area contributed by atoms with Gasteiger partial charge in [0, 0.05) is 25.2 Å². The average molecular weight is 441 g/mol. The Labute approximate surface area is 184 Å². The van der Waals surface area contributed by atoms with Crippen molar-refractivity contribution in [3.8, 4) is 10.6 Å². The van der Waals surface area contributed by atoms with Crippen molar-refractivity contribution in [2.24, 2.45) is 5.73 Å². The summed E-state index contributed by atoms with van der Waals surface area (Å²) in [5.41, 5.74) is 9.28. The van der Waals surface area contributed by atoms with E-state index in [1.165, 1.54) is 24.2 Å². The van der Waals surface area contributed by atoms with Gasteiger partial charge in [0.2, 0.25) is 5.95 Å². The van der Waals surface area contributed by atoms with Crippen LogP contribution in [0.15, 0.2) is 23.0 Å². The molecule has 1 saturated carbocycles. The maximum Gasteiger partial charge on any atom is 0.262 e. The van der Waals surface area contributed by atoms with Crippen LogP contribution in [-0.2, 0) is 4.74 Å². The molecule has 0 bridgehead atoms. The first-order valence-corrected chi connectivity index (χ1v) is 11.8. The molecule has 5 rings (SSSR count). The van der Waals surface area contributed by atoms with Crippen molar-refractivity contribution < 1.29 is 4.74 Å². The number of para-hydroxylation sites is 1. The highest BCUT2D eigenvalue weighted by molar-refractivity contribution is 7.21. The van der Waals surface area contributed by atoms with Crippen molar-refractivity contribution in [2.75, 3.05) is 36.5 Å². The Balaban J connectivity index is 1.48. The van der Waals surface area contributed by atoms with Gasteiger partial charge in [0.1, 0.15) is 10.5 Å². The second-order valence-corrected chi connectivity index (χ2v) is 9.35. The van der Waals surface area contributed by atoms with Crippen LogP contribution in [0.1, 0.15) is 31.4 Å². The first-order valence-electron chi connectivity index (χ1n) is 11.0. The number of hydrogen-bond donors (Lipinski definition) is 3. The zero-order valence-electron chi connectivity index (χ0n) is 17.7. The molecule has 2 aromatic heterocycles. The molecular formula is C22H28N6O2S. The molecule has 1 aromatic carbocycles. The van der Waals surface area contributed by atoms with Gasteiger partial charge < -0.3 is 20.7 Å². The van der Waals surface area contributed by atoms with Crippen LogP contribution in [0, 0.1) is 6.92 Å². The molecule has 164 valence electrons. The van der Waals surface area contributed by atoms with Gasteiger partial charge in [-0.15, -0.1) is 11.3 Å². The van der Waals surface area contributed by atoms with Crippen LogP contribution in [0.4, 0.5) is 11.6 Å². The van der Waals surface area contributed by atoms with Gasteiger partial charge in [0.25, 0.3) is 5.56 Å². The fourth-order valence-electron chi connectivity index (χ4n) is 4.46. The highest BCUT2D eigenvalue weighted by atomic mass is 32.1. The summed E-state index contributed by atoms with van der Waals surface area (Å²) in [6.45, 7) is 4.61. The third-order valence-electron chi connectivity index (χ3n) is 6.19. The predicted molar refractivity (Wildman–Crippen MR) is 125 cm³/mol. The number of nitrogens with one attached hydrogen (secondary N) is 2. The standard InChI is InChI=1S/C22H28N6O2S/c1-13-18(20(29)27-22(24-13)28-9-11-30-12-10-28)21-26-19-16(7-4-8-17(19)31-21)25-15-6-3-2-5-14(15)23/h4,7-8,14-15,25H,2-3,5-6,9-12,23H2,1H3,(H,24,27,29). The van der Waals surface area contributed by atoms with E-state index >= 15 is 0 Å². The summed E-state index contributed by atoms with van der Waals surface area (Å²) >= 11 is 1.52.